The lowest BCUT2D eigenvalue weighted by molar-refractivity contribution is 0.0896. The van der Waals surface area contributed by atoms with Gasteiger partial charge in [-0.25, -0.2) is 0 Å². The fourth-order valence-electron chi connectivity index (χ4n) is 3.81. The molecule has 4 heteroatoms. The van der Waals surface area contributed by atoms with Gasteiger partial charge < -0.3 is 20.6 Å². The molecule has 2 aliphatic heterocycles. The van der Waals surface area contributed by atoms with Gasteiger partial charge in [-0.3, -0.25) is 0 Å². The Kier molecular flexibility index (Phi) is 6.93. The highest BCUT2D eigenvalue weighted by Gasteiger charge is 2.26. The Balaban J connectivity index is 1.62. The quantitative estimate of drug-likeness (QED) is 0.752. The van der Waals surface area contributed by atoms with Gasteiger partial charge >= 0.3 is 0 Å². The summed E-state index contributed by atoms with van der Waals surface area (Å²) in [6.07, 6.45) is 9.81. The molecular weight excluding hydrogens is 262 g/mol. The maximum Gasteiger partial charge on any atom is 0.0611 e. The average Bonchev–Trinajstić information content (AvgIpc) is 2.56. The molecule has 0 aromatic heterocycles. The molecule has 0 saturated carbocycles. The van der Waals surface area contributed by atoms with E-state index in [-0.39, 0.29) is 12.1 Å². The van der Waals surface area contributed by atoms with Crippen molar-refractivity contribution < 1.29 is 5.11 Å². The molecule has 21 heavy (non-hydrogen) atoms. The SMILES string of the molecule is CCC(N)(CO)CCCN1CCC(N2CCCCC2)CC1. The molecule has 0 aromatic rings. The van der Waals surface area contributed by atoms with Crippen molar-refractivity contribution in [3.05, 3.63) is 0 Å². The van der Waals surface area contributed by atoms with Crippen LogP contribution in [0.25, 0.3) is 0 Å². The monoisotopic (exact) mass is 297 g/mol. The zero-order valence-corrected chi connectivity index (χ0v) is 13.9. The topological polar surface area (TPSA) is 52.7 Å². The Labute approximate surface area is 130 Å². The number of rotatable bonds is 7. The fourth-order valence-corrected chi connectivity index (χ4v) is 3.81. The number of hydrogen-bond acceptors (Lipinski definition) is 4. The zero-order chi connectivity index (χ0) is 15.1. The first-order valence-electron chi connectivity index (χ1n) is 9.03. The number of piperidine rings is 2. The lowest BCUT2D eigenvalue weighted by Crippen LogP contribution is -2.47. The Hall–Kier alpha value is -0.160. The van der Waals surface area contributed by atoms with Crippen LogP contribution in [0.2, 0.25) is 0 Å². The third-order valence-electron chi connectivity index (χ3n) is 5.63. The molecular formula is C17H35N3O. The first kappa shape index (κ1) is 17.2. The second-order valence-electron chi connectivity index (χ2n) is 7.15. The molecule has 4 nitrogen and oxygen atoms in total. The second-order valence-corrected chi connectivity index (χ2v) is 7.15. The van der Waals surface area contributed by atoms with Gasteiger partial charge in [0, 0.05) is 11.6 Å². The maximum absolute atomic E-state index is 9.36. The van der Waals surface area contributed by atoms with E-state index in [1.165, 1.54) is 58.3 Å². The molecule has 1 atom stereocenters. The molecule has 0 amide bonds. The van der Waals surface area contributed by atoms with Crippen LogP contribution in [0.4, 0.5) is 0 Å². The highest BCUT2D eigenvalue weighted by atomic mass is 16.3. The molecule has 0 spiro atoms. The van der Waals surface area contributed by atoms with Crippen molar-refractivity contribution in [1.82, 2.24) is 9.80 Å². The van der Waals surface area contributed by atoms with Gasteiger partial charge in [-0.1, -0.05) is 13.3 Å². The van der Waals surface area contributed by atoms with Crippen molar-refractivity contribution in [3.8, 4) is 0 Å². The fraction of sp³-hybridized carbons (Fsp3) is 1.00. The van der Waals surface area contributed by atoms with Crippen molar-refractivity contribution in [2.24, 2.45) is 5.73 Å². The average molecular weight is 297 g/mol. The van der Waals surface area contributed by atoms with E-state index in [1.807, 2.05) is 0 Å². The summed E-state index contributed by atoms with van der Waals surface area (Å²) in [5.41, 5.74) is 5.80. The van der Waals surface area contributed by atoms with Crippen molar-refractivity contribution in [1.29, 1.82) is 0 Å². The summed E-state index contributed by atoms with van der Waals surface area (Å²) >= 11 is 0. The van der Waals surface area contributed by atoms with Gasteiger partial charge in [-0.05, 0) is 77.7 Å². The van der Waals surface area contributed by atoms with Crippen molar-refractivity contribution >= 4 is 0 Å². The van der Waals surface area contributed by atoms with Crippen molar-refractivity contribution in [2.45, 2.75) is 69.9 Å². The van der Waals surface area contributed by atoms with E-state index in [0.29, 0.717) is 0 Å². The lowest BCUT2D eigenvalue weighted by atomic mass is 9.92. The summed E-state index contributed by atoms with van der Waals surface area (Å²) in [7, 11) is 0. The largest absolute Gasteiger partial charge is 0.394 e. The Morgan fingerprint density at radius 1 is 1.10 bits per heavy atom. The van der Waals surface area contributed by atoms with E-state index >= 15 is 0 Å². The van der Waals surface area contributed by atoms with E-state index in [1.54, 1.807) is 0 Å². The van der Waals surface area contributed by atoms with Crippen LogP contribution in [-0.4, -0.2) is 65.8 Å². The number of aliphatic hydroxyl groups excluding tert-OH is 1. The van der Waals surface area contributed by atoms with Gasteiger partial charge in [0.2, 0.25) is 0 Å². The molecule has 2 saturated heterocycles. The summed E-state index contributed by atoms with van der Waals surface area (Å²) in [6.45, 7) is 8.46. The first-order chi connectivity index (χ1) is 10.2. The Morgan fingerprint density at radius 3 is 2.33 bits per heavy atom. The summed E-state index contributed by atoms with van der Waals surface area (Å²) in [6, 6.07) is 0.836. The minimum absolute atomic E-state index is 0.112. The maximum atomic E-state index is 9.36. The van der Waals surface area contributed by atoms with Crippen LogP contribution in [-0.2, 0) is 0 Å². The van der Waals surface area contributed by atoms with Gasteiger partial charge in [-0.15, -0.1) is 0 Å². The number of aliphatic hydroxyl groups is 1. The molecule has 0 radical (unpaired) electrons. The van der Waals surface area contributed by atoms with E-state index in [0.717, 1.165) is 31.8 Å². The van der Waals surface area contributed by atoms with Crippen LogP contribution >= 0.6 is 0 Å². The van der Waals surface area contributed by atoms with Crippen LogP contribution in [0.3, 0.4) is 0 Å². The Bertz CT molecular complexity index is 280. The highest BCUT2D eigenvalue weighted by molar-refractivity contribution is 4.84. The smallest absolute Gasteiger partial charge is 0.0611 e. The molecule has 124 valence electrons. The highest BCUT2D eigenvalue weighted by Crippen LogP contribution is 2.21. The predicted molar refractivity (Wildman–Crippen MR) is 88.4 cm³/mol. The van der Waals surface area contributed by atoms with Crippen molar-refractivity contribution in [2.75, 3.05) is 39.3 Å². The van der Waals surface area contributed by atoms with Crippen molar-refractivity contribution in [3.63, 3.8) is 0 Å². The summed E-state index contributed by atoms with van der Waals surface area (Å²) in [4.78, 5) is 5.32. The number of nitrogens with two attached hydrogens (primary N) is 1. The summed E-state index contributed by atoms with van der Waals surface area (Å²) in [5.74, 6) is 0. The number of likely N-dealkylation sites (tertiary alicyclic amines) is 2. The van der Waals surface area contributed by atoms with E-state index in [2.05, 4.69) is 16.7 Å². The van der Waals surface area contributed by atoms with E-state index in [9.17, 15) is 5.11 Å². The molecule has 2 fully saturated rings. The standard InChI is InChI=1S/C17H35N3O/c1-2-17(18,15-21)9-6-10-19-13-7-16(8-14-19)20-11-4-3-5-12-20/h16,21H,2-15,18H2,1H3. The van der Waals surface area contributed by atoms with Crippen LogP contribution in [0.5, 0.6) is 0 Å². The second kappa shape index (κ2) is 8.47. The minimum Gasteiger partial charge on any atom is -0.394 e. The molecule has 2 rings (SSSR count). The van der Waals surface area contributed by atoms with Crippen LogP contribution in [0, 0.1) is 0 Å². The van der Waals surface area contributed by atoms with E-state index in [4.69, 9.17) is 5.73 Å². The van der Waals surface area contributed by atoms with Crippen LogP contribution < -0.4 is 5.73 Å². The zero-order valence-electron chi connectivity index (χ0n) is 13.9. The van der Waals surface area contributed by atoms with Gasteiger partial charge in [0.15, 0.2) is 0 Å². The molecule has 2 aliphatic rings. The van der Waals surface area contributed by atoms with E-state index < -0.39 is 0 Å². The summed E-state index contributed by atoms with van der Waals surface area (Å²) < 4.78 is 0. The normalized spacial score (nSPS) is 25.9. The molecule has 2 heterocycles. The molecule has 0 bridgehead atoms. The van der Waals surface area contributed by atoms with Gasteiger partial charge in [0.1, 0.15) is 0 Å². The van der Waals surface area contributed by atoms with Crippen LogP contribution in [0.15, 0.2) is 0 Å². The Morgan fingerprint density at radius 2 is 1.76 bits per heavy atom. The minimum atomic E-state index is -0.355. The third-order valence-corrected chi connectivity index (χ3v) is 5.63. The van der Waals surface area contributed by atoms with Gasteiger partial charge in [0.05, 0.1) is 6.61 Å². The number of hydrogen-bond donors (Lipinski definition) is 2. The van der Waals surface area contributed by atoms with Gasteiger partial charge in [-0.2, -0.15) is 0 Å². The molecule has 0 aromatic carbocycles. The molecule has 0 aliphatic carbocycles. The number of nitrogens with zero attached hydrogens (tertiary/aromatic N) is 2. The third kappa shape index (κ3) is 5.20. The molecule has 3 N–H and O–H groups in total. The summed E-state index contributed by atoms with van der Waals surface area (Å²) in [5, 5.41) is 9.36. The predicted octanol–water partition coefficient (Wildman–Crippen LogP) is 1.82. The van der Waals surface area contributed by atoms with Crippen LogP contribution in [0.1, 0.15) is 58.3 Å². The van der Waals surface area contributed by atoms with Gasteiger partial charge in [0.25, 0.3) is 0 Å². The first-order valence-corrected chi connectivity index (χ1v) is 9.03. The molecule has 1 unspecified atom stereocenters. The lowest BCUT2D eigenvalue weighted by Gasteiger charge is -2.40.